The van der Waals surface area contributed by atoms with Gasteiger partial charge in [0.1, 0.15) is 11.1 Å². The number of amides is 1. The number of sulfone groups is 1. The number of hydrogen-bond donors (Lipinski definition) is 1. The van der Waals surface area contributed by atoms with Crippen LogP contribution in [0.25, 0.3) is 0 Å². The summed E-state index contributed by atoms with van der Waals surface area (Å²) in [5.41, 5.74) is 2.19. The summed E-state index contributed by atoms with van der Waals surface area (Å²) < 4.78 is 40.0. The minimum Gasteiger partial charge on any atom is -0.350 e. The number of aryl methyl sites for hydroxylation is 2. The summed E-state index contributed by atoms with van der Waals surface area (Å²) in [5, 5.41) is 1.65. The van der Waals surface area contributed by atoms with E-state index >= 15 is 0 Å². The van der Waals surface area contributed by atoms with Gasteiger partial charge in [-0.25, -0.2) is 12.8 Å². The third-order valence-corrected chi connectivity index (χ3v) is 6.88. The van der Waals surface area contributed by atoms with Crippen LogP contribution < -0.4 is 5.32 Å². The molecule has 0 fully saturated rings. The first-order chi connectivity index (χ1) is 13.8. The number of benzene rings is 2. The van der Waals surface area contributed by atoms with E-state index in [-0.39, 0.29) is 17.0 Å². The Bertz CT molecular complexity index is 1110. The van der Waals surface area contributed by atoms with E-state index in [9.17, 15) is 17.6 Å². The third kappa shape index (κ3) is 4.68. The SMILES string of the molecule is Cc1ccc(C)c(S(=O)(=O)[C@H](CNC(=O)c2ccc(F)cc2)c2cccnc2)c1. The zero-order valence-electron chi connectivity index (χ0n) is 16.1. The Morgan fingerprint density at radius 1 is 1.10 bits per heavy atom. The van der Waals surface area contributed by atoms with Crippen molar-refractivity contribution in [3.63, 3.8) is 0 Å². The number of carbonyl (C=O) groups is 1. The number of aromatic nitrogens is 1. The first-order valence-corrected chi connectivity index (χ1v) is 10.6. The van der Waals surface area contributed by atoms with Crippen LogP contribution in [0.5, 0.6) is 0 Å². The molecule has 0 aliphatic rings. The van der Waals surface area contributed by atoms with Crippen molar-refractivity contribution in [3.05, 3.63) is 95.1 Å². The topological polar surface area (TPSA) is 76.1 Å². The van der Waals surface area contributed by atoms with Crippen molar-refractivity contribution in [1.29, 1.82) is 0 Å². The molecular formula is C22H21FN2O3S. The first kappa shape index (κ1) is 20.7. The average molecular weight is 412 g/mol. The number of halogens is 1. The summed E-state index contributed by atoms with van der Waals surface area (Å²) in [6.45, 7) is 3.43. The molecule has 1 N–H and O–H groups in total. The quantitative estimate of drug-likeness (QED) is 0.668. The van der Waals surface area contributed by atoms with Crippen molar-refractivity contribution in [2.24, 2.45) is 0 Å². The third-order valence-electron chi connectivity index (χ3n) is 4.64. The minimum absolute atomic E-state index is 0.141. The molecule has 0 saturated carbocycles. The van der Waals surface area contributed by atoms with Gasteiger partial charge in [0.2, 0.25) is 0 Å². The fourth-order valence-corrected chi connectivity index (χ4v) is 5.00. The van der Waals surface area contributed by atoms with Crippen LogP contribution in [0.4, 0.5) is 4.39 Å². The molecule has 1 atom stereocenters. The van der Waals surface area contributed by atoms with Crippen LogP contribution in [-0.4, -0.2) is 25.9 Å². The molecule has 0 saturated heterocycles. The molecule has 0 radical (unpaired) electrons. The lowest BCUT2D eigenvalue weighted by Gasteiger charge is -2.20. The van der Waals surface area contributed by atoms with E-state index in [1.54, 1.807) is 37.4 Å². The molecule has 0 unspecified atom stereocenters. The summed E-state index contributed by atoms with van der Waals surface area (Å²) in [5.74, 6) is -0.928. The highest BCUT2D eigenvalue weighted by Crippen LogP contribution is 2.30. The average Bonchev–Trinajstić information content (AvgIpc) is 2.71. The normalized spacial score (nSPS) is 12.4. The molecule has 5 nitrogen and oxygen atoms in total. The molecule has 150 valence electrons. The lowest BCUT2D eigenvalue weighted by Crippen LogP contribution is -2.32. The molecule has 1 amide bonds. The maximum Gasteiger partial charge on any atom is 0.251 e. The highest BCUT2D eigenvalue weighted by molar-refractivity contribution is 7.91. The van der Waals surface area contributed by atoms with Crippen molar-refractivity contribution < 1.29 is 17.6 Å². The van der Waals surface area contributed by atoms with Gasteiger partial charge in [0.15, 0.2) is 9.84 Å². The molecule has 3 rings (SSSR count). The highest BCUT2D eigenvalue weighted by atomic mass is 32.2. The van der Waals surface area contributed by atoms with Gasteiger partial charge in [-0.1, -0.05) is 18.2 Å². The molecule has 1 aromatic heterocycles. The van der Waals surface area contributed by atoms with E-state index in [1.807, 2.05) is 13.0 Å². The van der Waals surface area contributed by atoms with Gasteiger partial charge in [-0.15, -0.1) is 0 Å². The second kappa shape index (κ2) is 8.53. The van der Waals surface area contributed by atoms with Crippen molar-refractivity contribution in [1.82, 2.24) is 10.3 Å². The fraction of sp³-hybridized carbons (Fsp3) is 0.182. The van der Waals surface area contributed by atoms with Crippen molar-refractivity contribution >= 4 is 15.7 Å². The summed E-state index contributed by atoms with van der Waals surface area (Å²) in [7, 11) is -3.81. The van der Waals surface area contributed by atoms with Gasteiger partial charge in [-0.3, -0.25) is 9.78 Å². The Hall–Kier alpha value is -3.06. The molecular weight excluding hydrogens is 391 g/mol. The Morgan fingerprint density at radius 2 is 1.83 bits per heavy atom. The molecule has 0 bridgehead atoms. The van der Waals surface area contributed by atoms with E-state index in [0.29, 0.717) is 11.1 Å². The molecule has 1 heterocycles. The van der Waals surface area contributed by atoms with E-state index in [2.05, 4.69) is 10.3 Å². The number of nitrogens with zero attached hydrogens (tertiary/aromatic N) is 1. The summed E-state index contributed by atoms with van der Waals surface area (Å²) in [6, 6.07) is 13.6. The lowest BCUT2D eigenvalue weighted by molar-refractivity contribution is 0.0953. The number of carbonyl (C=O) groups excluding carboxylic acids is 1. The van der Waals surface area contributed by atoms with Gasteiger partial charge < -0.3 is 5.32 Å². The monoisotopic (exact) mass is 412 g/mol. The second-order valence-corrected chi connectivity index (χ2v) is 8.90. The first-order valence-electron chi connectivity index (χ1n) is 9.04. The Labute approximate surface area is 169 Å². The van der Waals surface area contributed by atoms with Gasteiger partial charge in [0, 0.05) is 24.5 Å². The van der Waals surface area contributed by atoms with Crippen LogP contribution >= 0.6 is 0 Å². The standard InChI is InChI=1S/C22H21FN2O3S/c1-15-5-6-16(2)20(12-15)29(27,28)21(18-4-3-11-24-13-18)14-25-22(26)17-7-9-19(23)10-8-17/h3-13,21H,14H2,1-2H3,(H,25,26)/t21-/m1/s1. The van der Waals surface area contributed by atoms with Crippen molar-refractivity contribution in [3.8, 4) is 0 Å². The van der Waals surface area contributed by atoms with E-state index in [4.69, 9.17) is 0 Å². The predicted molar refractivity (Wildman–Crippen MR) is 109 cm³/mol. The zero-order valence-corrected chi connectivity index (χ0v) is 16.9. The van der Waals surface area contributed by atoms with Crippen molar-refractivity contribution in [2.75, 3.05) is 6.54 Å². The van der Waals surface area contributed by atoms with E-state index in [1.165, 1.54) is 30.5 Å². The van der Waals surface area contributed by atoms with Crippen LogP contribution in [0.1, 0.15) is 32.3 Å². The molecule has 0 aliphatic carbocycles. The summed E-state index contributed by atoms with van der Waals surface area (Å²) in [6.07, 6.45) is 3.04. The molecule has 29 heavy (non-hydrogen) atoms. The van der Waals surface area contributed by atoms with Gasteiger partial charge in [-0.2, -0.15) is 0 Å². The number of hydrogen-bond acceptors (Lipinski definition) is 4. The van der Waals surface area contributed by atoms with Crippen molar-refractivity contribution in [2.45, 2.75) is 24.0 Å². The van der Waals surface area contributed by atoms with Gasteiger partial charge >= 0.3 is 0 Å². The van der Waals surface area contributed by atoms with Crippen LogP contribution in [0.3, 0.4) is 0 Å². The molecule has 0 spiro atoms. The smallest absolute Gasteiger partial charge is 0.251 e. The van der Waals surface area contributed by atoms with Gasteiger partial charge in [0.05, 0.1) is 4.90 Å². The van der Waals surface area contributed by atoms with E-state index < -0.39 is 26.8 Å². The molecule has 3 aromatic rings. The highest BCUT2D eigenvalue weighted by Gasteiger charge is 2.31. The van der Waals surface area contributed by atoms with Gasteiger partial charge in [-0.05, 0) is 66.9 Å². The number of pyridine rings is 1. The number of rotatable bonds is 6. The summed E-state index contributed by atoms with van der Waals surface area (Å²) in [4.78, 5) is 16.7. The Kier molecular flexibility index (Phi) is 6.08. The molecule has 2 aromatic carbocycles. The van der Waals surface area contributed by atoms with E-state index in [0.717, 1.165) is 5.56 Å². The maximum atomic E-state index is 13.5. The lowest BCUT2D eigenvalue weighted by atomic mass is 10.2. The predicted octanol–water partition coefficient (Wildman–Crippen LogP) is 3.78. The van der Waals surface area contributed by atoms with Crippen LogP contribution in [-0.2, 0) is 9.84 Å². The largest absolute Gasteiger partial charge is 0.350 e. The minimum atomic E-state index is -3.81. The second-order valence-electron chi connectivity index (χ2n) is 6.81. The maximum absolute atomic E-state index is 13.5. The molecule has 0 aliphatic heterocycles. The van der Waals surface area contributed by atoms with Gasteiger partial charge in [0.25, 0.3) is 5.91 Å². The van der Waals surface area contributed by atoms with Crippen LogP contribution in [0, 0.1) is 19.7 Å². The summed E-state index contributed by atoms with van der Waals surface area (Å²) >= 11 is 0. The Balaban J connectivity index is 1.94. The van der Waals surface area contributed by atoms with Crippen LogP contribution in [0.15, 0.2) is 71.9 Å². The Morgan fingerprint density at radius 3 is 2.48 bits per heavy atom. The molecule has 7 heteroatoms. The zero-order chi connectivity index (χ0) is 21.0. The fourth-order valence-electron chi connectivity index (χ4n) is 3.03. The number of nitrogens with one attached hydrogen (secondary N) is 1. The van der Waals surface area contributed by atoms with Crippen LogP contribution in [0.2, 0.25) is 0 Å².